The van der Waals surface area contributed by atoms with E-state index in [2.05, 4.69) is 0 Å². The molecule has 0 saturated carbocycles. The predicted octanol–water partition coefficient (Wildman–Crippen LogP) is 3.00. The van der Waals surface area contributed by atoms with Gasteiger partial charge in [0.1, 0.15) is 6.10 Å². The Morgan fingerprint density at radius 3 is 2.38 bits per heavy atom. The molecule has 8 nitrogen and oxygen atoms in total. The van der Waals surface area contributed by atoms with E-state index in [0.717, 1.165) is 11.4 Å². The van der Waals surface area contributed by atoms with E-state index in [0.29, 0.717) is 13.0 Å². The fourth-order valence-corrected chi connectivity index (χ4v) is 7.15. The van der Waals surface area contributed by atoms with Gasteiger partial charge in [0.15, 0.2) is 0 Å². The maximum Gasteiger partial charge on any atom is 0.387 e. The lowest BCUT2D eigenvalue weighted by molar-refractivity contribution is -0.0670. The highest BCUT2D eigenvalue weighted by Gasteiger charge is 2.45. The van der Waals surface area contributed by atoms with Crippen LogP contribution in [0.1, 0.15) is 48.0 Å². The second-order valence-electron chi connectivity index (χ2n) is 8.39. The van der Waals surface area contributed by atoms with Crippen molar-refractivity contribution in [3.05, 3.63) is 0 Å². The van der Waals surface area contributed by atoms with E-state index in [1.54, 1.807) is 0 Å². The van der Waals surface area contributed by atoms with Crippen LogP contribution in [0.3, 0.4) is 0 Å². The highest BCUT2D eigenvalue weighted by molar-refractivity contribution is 8.55. The predicted molar refractivity (Wildman–Crippen MR) is 112 cm³/mol. The Labute approximate surface area is 178 Å². The molecule has 2 N–H and O–H groups in total. The fraction of sp³-hybridized carbons (Fsp3) is 1.00. The fourth-order valence-electron chi connectivity index (χ4n) is 3.72. The van der Waals surface area contributed by atoms with Crippen LogP contribution >= 0.6 is 18.2 Å². The number of hydrogen-bond donors (Lipinski definition) is 2. The van der Waals surface area contributed by atoms with Crippen LogP contribution in [0, 0.1) is 5.92 Å². The summed E-state index contributed by atoms with van der Waals surface area (Å²) in [5.41, 5.74) is 0. The van der Waals surface area contributed by atoms with Crippen LogP contribution < -0.4 is 0 Å². The SMILES string of the molecule is CC(C)OCC1OC(C)CC1SP(=O)(O)OCC1OC(C)C(CO)C1OC(C)C. The summed E-state index contributed by atoms with van der Waals surface area (Å²) in [5.74, 6) is -0.196. The lowest BCUT2D eigenvalue weighted by Gasteiger charge is -2.26. The topological polar surface area (TPSA) is 104 Å². The Hall–Kier alpha value is 0.300. The second-order valence-corrected chi connectivity index (χ2v) is 12.4. The molecule has 2 rings (SSSR count). The number of rotatable bonds is 11. The highest BCUT2D eigenvalue weighted by Crippen LogP contribution is 2.60. The van der Waals surface area contributed by atoms with Gasteiger partial charge in [0.05, 0.1) is 56.4 Å². The van der Waals surface area contributed by atoms with E-state index in [4.69, 9.17) is 23.5 Å². The molecule has 8 atom stereocenters. The first-order valence-corrected chi connectivity index (χ1v) is 13.4. The van der Waals surface area contributed by atoms with Gasteiger partial charge in [0, 0.05) is 11.2 Å². The van der Waals surface area contributed by atoms with Gasteiger partial charge < -0.3 is 28.9 Å². The van der Waals surface area contributed by atoms with E-state index in [1.807, 2.05) is 41.5 Å². The molecule has 0 aromatic heterocycles. The third-order valence-electron chi connectivity index (χ3n) is 5.07. The van der Waals surface area contributed by atoms with Crippen molar-refractivity contribution in [2.75, 3.05) is 19.8 Å². The average Bonchev–Trinajstić information content (AvgIpc) is 3.09. The van der Waals surface area contributed by atoms with Gasteiger partial charge in [-0.2, -0.15) is 0 Å². The Morgan fingerprint density at radius 1 is 1.10 bits per heavy atom. The molecular weight excluding hydrogens is 419 g/mol. The smallest absolute Gasteiger partial charge is 0.387 e. The number of hydrogen-bond acceptors (Lipinski definition) is 8. The molecule has 172 valence electrons. The van der Waals surface area contributed by atoms with Crippen LogP contribution in [-0.2, 0) is 28.0 Å². The van der Waals surface area contributed by atoms with Gasteiger partial charge in [-0.3, -0.25) is 4.52 Å². The monoisotopic (exact) mass is 456 g/mol. The minimum absolute atomic E-state index is 0.00131. The molecule has 2 aliphatic rings. The molecule has 2 heterocycles. The summed E-state index contributed by atoms with van der Waals surface area (Å²) < 4.78 is 41.4. The maximum atomic E-state index is 12.7. The largest absolute Gasteiger partial charge is 0.396 e. The van der Waals surface area contributed by atoms with E-state index in [1.165, 1.54) is 0 Å². The normalized spacial score (nSPS) is 37.5. The molecule has 0 aliphatic carbocycles. The lowest BCUT2D eigenvalue weighted by atomic mass is 9.98. The Balaban J connectivity index is 1.93. The molecular formula is C19H37O8PS. The molecule has 0 amide bonds. The molecule has 0 radical (unpaired) electrons. The van der Waals surface area contributed by atoms with Gasteiger partial charge in [-0.1, -0.05) is 0 Å². The van der Waals surface area contributed by atoms with Gasteiger partial charge in [0.2, 0.25) is 0 Å². The molecule has 0 aromatic rings. The molecule has 2 aliphatic heterocycles. The zero-order valence-electron chi connectivity index (χ0n) is 18.2. The van der Waals surface area contributed by atoms with Crippen LogP contribution in [-0.4, -0.2) is 77.8 Å². The summed E-state index contributed by atoms with van der Waals surface area (Å²) in [6, 6.07) is 0. The van der Waals surface area contributed by atoms with Crippen molar-refractivity contribution < 1.29 is 38.0 Å². The van der Waals surface area contributed by atoms with E-state index < -0.39 is 12.9 Å². The van der Waals surface area contributed by atoms with Crippen LogP contribution in [0.25, 0.3) is 0 Å². The molecule has 0 bridgehead atoms. The summed E-state index contributed by atoms with van der Waals surface area (Å²) in [5, 5.41) is 9.48. The van der Waals surface area contributed by atoms with Gasteiger partial charge in [0.25, 0.3) is 0 Å². The Morgan fingerprint density at radius 2 is 1.79 bits per heavy atom. The number of aliphatic hydroxyl groups is 1. The van der Waals surface area contributed by atoms with Crippen molar-refractivity contribution in [3.63, 3.8) is 0 Å². The molecule has 29 heavy (non-hydrogen) atoms. The van der Waals surface area contributed by atoms with Crippen LogP contribution in [0.5, 0.6) is 0 Å². The van der Waals surface area contributed by atoms with Gasteiger partial charge in [-0.05, 0) is 59.3 Å². The van der Waals surface area contributed by atoms with E-state index >= 15 is 0 Å². The molecule has 0 spiro atoms. The van der Waals surface area contributed by atoms with Crippen molar-refractivity contribution in [3.8, 4) is 0 Å². The first kappa shape index (κ1) is 25.6. The summed E-state index contributed by atoms with van der Waals surface area (Å²) in [6.45, 7) is 7.81. The van der Waals surface area contributed by atoms with Crippen molar-refractivity contribution >= 4 is 18.2 Å². The summed E-state index contributed by atoms with van der Waals surface area (Å²) in [4.78, 5) is 10.4. The minimum Gasteiger partial charge on any atom is -0.396 e. The van der Waals surface area contributed by atoms with Crippen molar-refractivity contribution in [2.45, 2.75) is 95.9 Å². The van der Waals surface area contributed by atoms with Gasteiger partial charge >= 0.3 is 6.80 Å². The molecule has 2 saturated heterocycles. The van der Waals surface area contributed by atoms with Crippen LogP contribution in [0.4, 0.5) is 0 Å². The molecule has 10 heteroatoms. The van der Waals surface area contributed by atoms with E-state index in [-0.39, 0.29) is 61.0 Å². The zero-order chi connectivity index (χ0) is 21.8. The summed E-state index contributed by atoms with van der Waals surface area (Å²) in [7, 11) is 0. The van der Waals surface area contributed by atoms with Crippen LogP contribution in [0.15, 0.2) is 0 Å². The zero-order valence-corrected chi connectivity index (χ0v) is 19.9. The van der Waals surface area contributed by atoms with Crippen LogP contribution in [0.2, 0.25) is 0 Å². The molecule has 0 aromatic carbocycles. The quantitative estimate of drug-likeness (QED) is 0.454. The number of ether oxygens (including phenoxy) is 4. The maximum absolute atomic E-state index is 12.7. The average molecular weight is 457 g/mol. The van der Waals surface area contributed by atoms with Gasteiger partial charge in [-0.15, -0.1) is 0 Å². The lowest BCUT2D eigenvalue weighted by Crippen LogP contribution is -2.36. The molecule has 8 unspecified atom stereocenters. The van der Waals surface area contributed by atoms with Gasteiger partial charge in [-0.25, -0.2) is 4.57 Å². The first-order chi connectivity index (χ1) is 13.5. The number of aliphatic hydroxyl groups excluding tert-OH is 1. The first-order valence-electron chi connectivity index (χ1n) is 10.4. The second kappa shape index (κ2) is 11.2. The Kier molecular flexibility index (Phi) is 9.92. The third-order valence-corrected chi connectivity index (χ3v) is 8.51. The van der Waals surface area contributed by atoms with E-state index in [9.17, 15) is 14.6 Å². The summed E-state index contributed by atoms with van der Waals surface area (Å²) in [6.07, 6.45) is -0.693. The standard InChI is InChI=1S/C19H37O8PS/c1-11(2)23-9-16-18(7-13(5)26-16)29-28(21,22)24-10-17-19(25-12(3)4)15(8-20)14(6)27-17/h11-20H,7-10H2,1-6H3,(H,21,22). The van der Waals surface area contributed by atoms with Crippen molar-refractivity contribution in [1.29, 1.82) is 0 Å². The van der Waals surface area contributed by atoms with Crippen molar-refractivity contribution in [2.24, 2.45) is 5.92 Å². The minimum atomic E-state index is -3.93. The third kappa shape index (κ3) is 7.74. The Bertz CT molecular complexity index is 548. The summed E-state index contributed by atoms with van der Waals surface area (Å²) >= 11 is 0.917. The van der Waals surface area contributed by atoms with Crippen molar-refractivity contribution in [1.82, 2.24) is 0 Å². The highest BCUT2D eigenvalue weighted by atomic mass is 32.7. The molecule has 2 fully saturated rings.